The molecule has 2 rings (SSSR count). The largest absolute Gasteiger partial charge is 0.310 e. The van der Waals surface area contributed by atoms with Crippen LogP contribution in [0.5, 0.6) is 0 Å². The van der Waals surface area contributed by atoms with E-state index >= 15 is 0 Å². The van der Waals surface area contributed by atoms with Gasteiger partial charge in [-0.3, -0.25) is 4.79 Å². The molecule has 1 atom stereocenters. The maximum Gasteiger partial charge on any atom is 0.192 e. The molecule has 0 aromatic heterocycles. The molecule has 1 aliphatic rings. The van der Waals surface area contributed by atoms with Gasteiger partial charge in [0.25, 0.3) is 0 Å². The molecule has 78 valence electrons. The van der Waals surface area contributed by atoms with Crippen molar-refractivity contribution < 1.29 is 4.79 Å². The zero-order valence-corrected chi connectivity index (χ0v) is 9.45. The van der Waals surface area contributed by atoms with Gasteiger partial charge in [-0.2, -0.15) is 0 Å². The average Bonchev–Trinajstić information content (AvgIpc) is 2.37. The molecule has 0 amide bonds. The van der Waals surface area contributed by atoms with E-state index < -0.39 is 6.04 Å². The van der Waals surface area contributed by atoms with Gasteiger partial charge in [0.05, 0.1) is 0 Å². The van der Waals surface area contributed by atoms with Crippen molar-refractivity contribution in [3.05, 3.63) is 38.7 Å². The summed E-state index contributed by atoms with van der Waals surface area (Å²) in [5.74, 6) is -0.197. The molecular formula is C10H9BrN2O2. The molecule has 1 aliphatic heterocycles. The van der Waals surface area contributed by atoms with Crippen LogP contribution in [0, 0.1) is 4.91 Å². The Morgan fingerprint density at radius 2 is 2.27 bits per heavy atom. The molecule has 0 bridgehead atoms. The summed E-state index contributed by atoms with van der Waals surface area (Å²) in [6, 6.07) is 4.61. The minimum Gasteiger partial charge on any atom is -0.310 e. The maximum absolute atomic E-state index is 11.8. The minimum absolute atomic E-state index is 0.197. The third-order valence-corrected chi connectivity index (χ3v) is 2.91. The van der Waals surface area contributed by atoms with Crippen LogP contribution < -0.4 is 5.32 Å². The quantitative estimate of drug-likeness (QED) is 0.792. The van der Waals surface area contributed by atoms with Crippen molar-refractivity contribution in [2.45, 2.75) is 12.6 Å². The second-order valence-corrected chi connectivity index (χ2v) is 4.33. The van der Waals surface area contributed by atoms with Crippen LogP contribution in [-0.4, -0.2) is 18.4 Å². The molecule has 0 saturated heterocycles. The van der Waals surface area contributed by atoms with Crippen LogP contribution in [-0.2, 0) is 6.54 Å². The fourth-order valence-electron chi connectivity index (χ4n) is 1.65. The summed E-state index contributed by atoms with van der Waals surface area (Å²) in [6.45, 7) is 0.904. The van der Waals surface area contributed by atoms with Gasteiger partial charge in [0, 0.05) is 23.1 Å². The molecule has 0 aliphatic carbocycles. The number of nitroso groups, excluding NO2 is 1. The van der Waals surface area contributed by atoms with Crippen LogP contribution in [0.25, 0.3) is 0 Å². The van der Waals surface area contributed by atoms with Gasteiger partial charge in [0.2, 0.25) is 0 Å². The van der Waals surface area contributed by atoms with Crippen molar-refractivity contribution in [3.8, 4) is 0 Å². The van der Waals surface area contributed by atoms with E-state index in [1.807, 2.05) is 6.07 Å². The molecule has 1 heterocycles. The summed E-state index contributed by atoms with van der Waals surface area (Å²) in [6.07, 6.45) is 0. The first kappa shape index (κ1) is 10.4. The van der Waals surface area contributed by atoms with Crippen molar-refractivity contribution in [1.82, 2.24) is 5.32 Å². The molecule has 0 spiro atoms. The first-order chi connectivity index (χ1) is 7.22. The number of ketones is 1. The van der Waals surface area contributed by atoms with E-state index in [0.717, 1.165) is 10.0 Å². The van der Waals surface area contributed by atoms with Crippen LogP contribution in [0.2, 0.25) is 0 Å². The van der Waals surface area contributed by atoms with E-state index in [1.54, 1.807) is 12.1 Å². The highest BCUT2D eigenvalue weighted by Crippen LogP contribution is 2.20. The van der Waals surface area contributed by atoms with E-state index in [9.17, 15) is 9.70 Å². The van der Waals surface area contributed by atoms with Gasteiger partial charge in [-0.1, -0.05) is 21.1 Å². The Labute approximate surface area is 95.2 Å². The smallest absolute Gasteiger partial charge is 0.192 e. The number of halogens is 1. The zero-order chi connectivity index (χ0) is 10.8. The molecule has 0 saturated carbocycles. The lowest BCUT2D eigenvalue weighted by Crippen LogP contribution is -2.27. The number of fused-ring (bicyclic) bond motifs is 1. The minimum atomic E-state index is -0.799. The van der Waals surface area contributed by atoms with Crippen LogP contribution in [0.3, 0.4) is 0 Å². The Morgan fingerprint density at radius 3 is 3.00 bits per heavy atom. The standard InChI is InChI=1S/C10H9BrN2O2/c11-7-1-2-8-6(3-7)4-12-5-9(13-15)10(8)14/h1-3,9,12H,4-5H2. The predicted molar refractivity (Wildman–Crippen MR) is 59.8 cm³/mol. The van der Waals surface area contributed by atoms with Gasteiger partial charge in [0.1, 0.15) is 0 Å². The lowest BCUT2D eigenvalue weighted by atomic mass is 10.0. The molecule has 5 heteroatoms. The van der Waals surface area contributed by atoms with Crippen molar-refractivity contribution in [2.75, 3.05) is 6.54 Å². The average molecular weight is 269 g/mol. The summed E-state index contributed by atoms with van der Waals surface area (Å²) in [7, 11) is 0. The molecule has 1 N–H and O–H groups in total. The fourth-order valence-corrected chi connectivity index (χ4v) is 2.06. The molecular weight excluding hydrogens is 260 g/mol. The Morgan fingerprint density at radius 1 is 1.47 bits per heavy atom. The summed E-state index contributed by atoms with van der Waals surface area (Å²) < 4.78 is 0.924. The van der Waals surface area contributed by atoms with Crippen molar-refractivity contribution in [3.63, 3.8) is 0 Å². The van der Waals surface area contributed by atoms with E-state index in [1.165, 1.54) is 0 Å². The van der Waals surface area contributed by atoms with Crippen LogP contribution in [0.4, 0.5) is 0 Å². The van der Waals surface area contributed by atoms with Crippen molar-refractivity contribution in [1.29, 1.82) is 0 Å². The number of benzene rings is 1. The van der Waals surface area contributed by atoms with Gasteiger partial charge in [0.15, 0.2) is 11.8 Å². The summed E-state index contributed by atoms with van der Waals surface area (Å²) >= 11 is 3.34. The molecule has 1 aromatic carbocycles. The molecule has 0 fully saturated rings. The third-order valence-electron chi connectivity index (χ3n) is 2.42. The van der Waals surface area contributed by atoms with Crippen LogP contribution >= 0.6 is 15.9 Å². The third kappa shape index (κ3) is 1.98. The first-order valence-corrected chi connectivity index (χ1v) is 5.37. The summed E-state index contributed by atoms with van der Waals surface area (Å²) in [4.78, 5) is 22.3. The van der Waals surface area contributed by atoms with Crippen LogP contribution in [0.1, 0.15) is 15.9 Å². The summed E-state index contributed by atoms with van der Waals surface area (Å²) in [5, 5.41) is 5.86. The highest BCUT2D eigenvalue weighted by molar-refractivity contribution is 9.10. The number of rotatable bonds is 1. The monoisotopic (exact) mass is 268 g/mol. The number of nitrogens with one attached hydrogen (secondary N) is 1. The van der Waals surface area contributed by atoms with E-state index in [2.05, 4.69) is 26.4 Å². The molecule has 1 aromatic rings. The first-order valence-electron chi connectivity index (χ1n) is 4.58. The lowest BCUT2D eigenvalue weighted by Gasteiger charge is -2.05. The topological polar surface area (TPSA) is 58.5 Å². The van der Waals surface area contributed by atoms with E-state index in [4.69, 9.17) is 0 Å². The van der Waals surface area contributed by atoms with E-state index in [-0.39, 0.29) is 5.78 Å². The fraction of sp³-hybridized carbons (Fsp3) is 0.300. The normalized spacial score (nSPS) is 20.6. The number of Topliss-reactive ketones (excluding diaryl/α,β-unsaturated/α-hetero) is 1. The zero-order valence-electron chi connectivity index (χ0n) is 7.87. The molecule has 0 radical (unpaired) electrons. The van der Waals surface area contributed by atoms with Gasteiger partial charge in [-0.05, 0) is 23.8 Å². The number of hydrogen-bond acceptors (Lipinski definition) is 4. The Balaban J connectivity index is 2.47. The second kappa shape index (κ2) is 4.20. The Hall–Kier alpha value is -1.07. The highest BCUT2D eigenvalue weighted by atomic mass is 79.9. The maximum atomic E-state index is 11.8. The lowest BCUT2D eigenvalue weighted by molar-refractivity contribution is 0.0964. The van der Waals surface area contributed by atoms with Crippen molar-refractivity contribution in [2.24, 2.45) is 5.18 Å². The van der Waals surface area contributed by atoms with Gasteiger partial charge < -0.3 is 5.32 Å². The number of carbonyl (C=O) groups is 1. The molecule has 1 unspecified atom stereocenters. The van der Waals surface area contributed by atoms with Gasteiger partial charge in [-0.25, -0.2) is 0 Å². The number of nitrogens with zero attached hydrogens (tertiary/aromatic N) is 1. The Kier molecular flexibility index (Phi) is 2.93. The van der Waals surface area contributed by atoms with Crippen LogP contribution in [0.15, 0.2) is 27.8 Å². The predicted octanol–water partition coefficient (Wildman–Crippen LogP) is 1.87. The highest BCUT2D eigenvalue weighted by Gasteiger charge is 2.25. The van der Waals surface area contributed by atoms with E-state index in [0.29, 0.717) is 18.7 Å². The van der Waals surface area contributed by atoms with Crippen molar-refractivity contribution >= 4 is 21.7 Å². The van der Waals surface area contributed by atoms with Gasteiger partial charge in [-0.15, -0.1) is 4.91 Å². The second-order valence-electron chi connectivity index (χ2n) is 3.42. The molecule has 4 nitrogen and oxygen atoms in total. The Bertz CT molecular complexity index is 420. The molecule has 15 heavy (non-hydrogen) atoms. The number of carbonyl (C=O) groups excluding carboxylic acids is 1. The SMILES string of the molecule is O=NC1CNCc2cc(Br)ccc2C1=O. The van der Waals surface area contributed by atoms with Gasteiger partial charge >= 0.3 is 0 Å². The number of hydrogen-bond donors (Lipinski definition) is 1. The summed E-state index contributed by atoms with van der Waals surface area (Å²) in [5.41, 5.74) is 1.49.